The first-order valence-electron chi connectivity index (χ1n) is 5.01. The molecule has 1 aliphatic heterocycles. The summed E-state index contributed by atoms with van der Waals surface area (Å²) in [6, 6.07) is -0.156. The van der Waals surface area contributed by atoms with Gasteiger partial charge in [-0.1, -0.05) is 0 Å². The Balaban J connectivity index is 2.19. The Hall–Kier alpha value is -1.20. The second-order valence-corrected chi connectivity index (χ2v) is 3.60. The molecule has 1 aliphatic rings. The Morgan fingerprint density at radius 3 is 3.00 bits per heavy atom. The minimum atomic E-state index is -0.156. The molecule has 2 N–H and O–H groups in total. The fraction of sp³-hybridized carbons (Fsp3) is 0.600. The molecule has 2 atom stereocenters. The SMILES string of the molecule is COc1nccnc1C(N)C1CCOC1. The Bertz CT molecular complexity index is 326. The van der Waals surface area contributed by atoms with Gasteiger partial charge < -0.3 is 15.2 Å². The summed E-state index contributed by atoms with van der Waals surface area (Å²) < 4.78 is 10.4. The molecule has 2 heterocycles. The molecule has 1 aromatic rings. The van der Waals surface area contributed by atoms with Crippen molar-refractivity contribution >= 4 is 0 Å². The molecular formula is C10H15N3O2. The lowest BCUT2D eigenvalue weighted by atomic mass is 9.97. The van der Waals surface area contributed by atoms with Gasteiger partial charge in [-0.15, -0.1) is 0 Å². The highest BCUT2D eigenvalue weighted by atomic mass is 16.5. The van der Waals surface area contributed by atoms with Crippen LogP contribution in [0.4, 0.5) is 0 Å². The summed E-state index contributed by atoms with van der Waals surface area (Å²) in [6.45, 7) is 1.47. The van der Waals surface area contributed by atoms with Crippen LogP contribution in [0.2, 0.25) is 0 Å². The first-order valence-corrected chi connectivity index (χ1v) is 5.01. The molecule has 0 amide bonds. The summed E-state index contributed by atoms with van der Waals surface area (Å²) in [5.41, 5.74) is 6.83. The molecule has 1 saturated heterocycles. The molecule has 15 heavy (non-hydrogen) atoms. The maximum absolute atomic E-state index is 6.11. The number of hydrogen-bond donors (Lipinski definition) is 1. The fourth-order valence-corrected chi connectivity index (χ4v) is 1.78. The maximum Gasteiger partial charge on any atom is 0.237 e. The van der Waals surface area contributed by atoms with Crippen LogP contribution in [-0.2, 0) is 4.74 Å². The standard InChI is InChI=1S/C10H15N3O2/c1-14-10-9(12-3-4-13-10)8(11)7-2-5-15-6-7/h3-4,7-8H,2,5-6,11H2,1H3. The number of methoxy groups -OCH3 is 1. The zero-order chi connectivity index (χ0) is 10.7. The number of hydrogen-bond acceptors (Lipinski definition) is 5. The first kappa shape index (κ1) is 10.3. The highest BCUT2D eigenvalue weighted by Gasteiger charge is 2.27. The number of aromatic nitrogens is 2. The maximum atomic E-state index is 6.11. The van der Waals surface area contributed by atoms with Crippen molar-refractivity contribution in [2.45, 2.75) is 12.5 Å². The van der Waals surface area contributed by atoms with Crippen molar-refractivity contribution in [3.63, 3.8) is 0 Å². The molecule has 82 valence electrons. The van der Waals surface area contributed by atoms with E-state index in [-0.39, 0.29) is 6.04 Å². The lowest BCUT2D eigenvalue weighted by Gasteiger charge is -2.18. The summed E-state index contributed by atoms with van der Waals surface area (Å²) in [6.07, 6.45) is 4.20. The van der Waals surface area contributed by atoms with Crippen molar-refractivity contribution in [2.24, 2.45) is 11.7 Å². The lowest BCUT2D eigenvalue weighted by molar-refractivity contribution is 0.180. The van der Waals surface area contributed by atoms with E-state index in [4.69, 9.17) is 15.2 Å². The van der Waals surface area contributed by atoms with Crippen molar-refractivity contribution < 1.29 is 9.47 Å². The smallest absolute Gasteiger partial charge is 0.237 e. The van der Waals surface area contributed by atoms with E-state index in [0.29, 0.717) is 18.4 Å². The van der Waals surface area contributed by atoms with E-state index in [2.05, 4.69) is 9.97 Å². The van der Waals surface area contributed by atoms with E-state index < -0.39 is 0 Å². The molecule has 0 radical (unpaired) electrons. The molecule has 2 unspecified atom stereocenters. The van der Waals surface area contributed by atoms with E-state index >= 15 is 0 Å². The molecule has 1 aromatic heterocycles. The third-order valence-corrected chi connectivity index (χ3v) is 2.67. The van der Waals surface area contributed by atoms with Gasteiger partial charge in [0.1, 0.15) is 5.69 Å². The zero-order valence-electron chi connectivity index (χ0n) is 8.72. The van der Waals surface area contributed by atoms with Crippen LogP contribution in [0, 0.1) is 5.92 Å². The van der Waals surface area contributed by atoms with Crippen molar-refractivity contribution in [3.05, 3.63) is 18.1 Å². The van der Waals surface area contributed by atoms with Gasteiger partial charge in [0.25, 0.3) is 0 Å². The summed E-state index contributed by atoms with van der Waals surface area (Å²) in [5, 5.41) is 0. The molecule has 5 heteroatoms. The van der Waals surface area contributed by atoms with Gasteiger partial charge in [0.05, 0.1) is 19.8 Å². The number of nitrogens with two attached hydrogens (primary N) is 1. The van der Waals surface area contributed by atoms with Gasteiger partial charge in [0.2, 0.25) is 5.88 Å². The first-order chi connectivity index (χ1) is 7.33. The van der Waals surface area contributed by atoms with Gasteiger partial charge in [-0.2, -0.15) is 0 Å². The zero-order valence-corrected chi connectivity index (χ0v) is 8.72. The summed E-state index contributed by atoms with van der Waals surface area (Å²) in [5.74, 6) is 0.826. The van der Waals surface area contributed by atoms with Crippen LogP contribution < -0.4 is 10.5 Å². The Morgan fingerprint density at radius 2 is 2.33 bits per heavy atom. The summed E-state index contributed by atoms with van der Waals surface area (Å²) in [7, 11) is 1.57. The number of ether oxygens (including phenoxy) is 2. The molecule has 0 bridgehead atoms. The third-order valence-electron chi connectivity index (χ3n) is 2.67. The van der Waals surface area contributed by atoms with Crippen LogP contribution in [0.25, 0.3) is 0 Å². The summed E-state index contributed by atoms with van der Waals surface area (Å²) >= 11 is 0. The fourth-order valence-electron chi connectivity index (χ4n) is 1.78. The van der Waals surface area contributed by atoms with Crippen LogP contribution in [-0.4, -0.2) is 30.3 Å². The number of nitrogens with zero attached hydrogens (tertiary/aromatic N) is 2. The van der Waals surface area contributed by atoms with E-state index in [1.165, 1.54) is 0 Å². The summed E-state index contributed by atoms with van der Waals surface area (Å²) in [4.78, 5) is 8.31. The topological polar surface area (TPSA) is 70.3 Å². The van der Waals surface area contributed by atoms with E-state index in [1.54, 1.807) is 19.5 Å². The molecule has 0 spiro atoms. The second kappa shape index (κ2) is 4.55. The van der Waals surface area contributed by atoms with Gasteiger partial charge in [0.15, 0.2) is 0 Å². The predicted molar refractivity (Wildman–Crippen MR) is 54.4 cm³/mol. The van der Waals surface area contributed by atoms with E-state index in [9.17, 15) is 0 Å². The molecule has 0 aromatic carbocycles. The van der Waals surface area contributed by atoms with Gasteiger partial charge >= 0.3 is 0 Å². The van der Waals surface area contributed by atoms with E-state index in [1.807, 2.05) is 0 Å². The van der Waals surface area contributed by atoms with Gasteiger partial charge in [0, 0.05) is 24.9 Å². The van der Waals surface area contributed by atoms with Gasteiger partial charge in [-0.25, -0.2) is 4.98 Å². The molecular weight excluding hydrogens is 194 g/mol. The third kappa shape index (κ3) is 2.08. The van der Waals surface area contributed by atoms with Crippen LogP contribution in [0.3, 0.4) is 0 Å². The Morgan fingerprint density at radius 1 is 1.53 bits per heavy atom. The Kier molecular flexibility index (Phi) is 3.13. The van der Waals surface area contributed by atoms with Crippen LogP contribution >= 0.6 is 0 Å². The quantitative estimate of drug-likeness (QED) is 0.786. The predicted octanol–water partition coefficient (Wildman–Crippen LogP) is 0.521. The van der Waals surface area contributed by atoms with Crippen LogP contribution in [0.5, 0.6) is 5.88 Å². The van der Waals surface area contributed by atoms with Crippen molar-refractivity contribution in [2.75, 3.05) is 20.3 Å². The normalized spacial score (nSPS) is 22.7. The molecule has 0 aliphatic carbocycles. The minimum absolute atomic E-state index is 0.156. The molecule has 2 rings (SSSR count). The highest BCUT2D eigenvalue weighted by Crippen LogP contribution is 2.29. The van der Waals surface area contributed by atoms with Gasteiger partial charge in [-0.3, -0.25) is 4.98 Å². The van der Waals surface area contributed by atoms with Crippen LogP contribution in [0.15, 0.2) is 12.4 Å². The number of rotatable bonds is 3. The Labute approximate surface area is 88.6 Å². The highest BCUT2D eigenvalue weighted by molar-refractivity contribution is 5.21. The minimum Gasteiger partial charge on any atom is -0.480 e. The average molecular weight is 209 g/mol. The lowest BCUT2D eigenvalue weighted by Crippen LogP contribution is -2.23. The molecule has 0 saturated carbocycles. The van der Waals surface area contributed by atoms with Crippen molar-refractivity contribution in [1.29, 1.82) is 0 Å². The molecule has 5 nitrogen and oxygen atoms in total. The largest absolute Gasteiger partial charge is 0.480 e. The van der Waals surface area contributed by atoms with Crippen molar-refractivity contribution in [1.82, 2.24) is 9.97 Å². The van der Waals surface area contributed by atoms with Gasteiger partial charge in [-0.05, 0) is 6.42 Å². The molecule has 1 fully saturated rings. The van der Waals surface area contributed by atoms with Crippen molar-refractivity contribution in [3.8, 4) is 5.88 Å². The monoisotopic (exact) mass is 209 g/mol. The van der Waals surface area contributed by atoms with Crippen LogP contribution in [0.1, 0.15) is 18.2 Å². The second-order valence-electron chi connectivity index (χ2n) is 3.60. The average Bonchev–Trinajstić information content (AvgIpc) is 2.81. The van der Waals surface area contributed by atoms with E-state index in [0.717, 1.165) is 18.7 Å².